The van der Waals surface area contributed by atoms with E-state index in [4.69, 9.17) is 22.1 Å². The molecule has 1 aromatic carbocycles. The molecule has 0 amide bonds. The van der Waals surface area contributed by atoms with Gasteiger partial charge >= 0.3 is 146 Å². The molecule has 124 valence electrons. The zero-order chi connectivity index (χ0) is 16.8. The summed E-state index contributed by atoms with van der Waals surface area (Å²) in [4.78, 5) is 15.1. The third-order valence-electron chi connectivity index (χ3n) is 3.18. The second kappa shape index (κ2) is 8.57. The molecule has 0 unspecified atom stereocenters. The third kappa shape index (κ3) is 4.62. The van der Waals surface area contributed by atoms with Gasteiger partial charge in [0.15, 0.2) is 0 Å². The fourth-order valence-corrected chi connectivity index (χ4v) is 5.03. The van der Waals surface area contributed by atoms with Crippen LogP contribution in [0.2, 0.25) is 0 Å². The van der Waals surface area contributed by atoms with E-state index in [1.807, 2.05) is 48.7 Å². The van der Waals surface area contributed by atoms with Crippen molar-refractivity contribution < 1.29 is 9.84 Å². The summed E-state index contributed by atoms with van der Waals surface area (Å²) in [5.74, 6) is 0.0824. The number of nitrogens with one attached hydrogen (secondary N) is 1. The molecule has 0 atom stereocenters. The SMILES string of the molecule is CC(C)c1c([Se]c2ccccc2)n(COCCO)c(=S)[nH]c1=O. The van der Waals surface area contributed by atoms with Gasteiger partial charge in [0.2, 0.25) is 0 Å². The van der Waals surface area contributed by atoms with E-state index in [0.29, 0.717) is 4.77 Å². The van der Waals surface area contributed by atoms with E-state index in [-0.39, 0.29) is 46.4 Å². The van der Waals surface area contributed by atoms with E-state index >= 15 is 0 Å². The van der Waals surface area contributed by atoms with Crippen molar-refractivity contribution in [2.45, 2.75) is 26.5 Å². The van der Waals surface area contributed by atoms with Crippen molar-refractivity contribution in [3.63, 3.8) is 0 Å². The van der Waals surface area contributed by atoms with Gasteiger partial charge in [0, 0.05) is 0 Å². The van der Waals surface area contributed by atoms with Crippen molar-refractivity contribution in [2.75, 3.05) is 13.2 Å². The third-order valence-corrected chi connectivity index (χ3v) is 5.89. The Balaban J connectivity index is 2.53. The summed E-state index contributed by atoms with van der Waals surface area (Å²) in [5.41, 5.74) is 0.617. The van der Waals surface area contributed by atoms with Crippen LogP contribution in [0.15, 0.2) is 35.1 Å². The van der Waals surface area contributed by atoms with Gasteiger partial charge < -0.3 is 0 Å². The van der Waals surface area contributed by atoms with Gasteiger partial charge in [0.05, 0.1) is 0 Å². The average molecular weight is 399 g/mol. The predicted molar refractivity (Wildman–Crippen MR) is 94.5 cm³/mol. The molecule has 0 radical (unpaired) electrons. The van der Waals surface area contributed by atoms with Crippen LogP contribution < -0.4 is 14.6 Å². The summed E-state index contributed by atoms with van der Waals surface area (Å²) >= 11 is 5.25. The van der Waals surface area contributed by atoms with Crippen LogP contribution in [0.5, 0.6) is 0 Å². The minimum atomic E-state index is -0.129. The second-order valence-electron chi connectivity index (χ2n) is 5.24. The summed E-state index contributed by atoms with van der Waals surface area (Å²) in [6, 6.07) is 10.0. The number of ether oxygens (including phenoxy) is 1. The molecule has 0 saturated heterocycles. The van der Waals surface area contributed by atoms with Gasteiger partial charge in [-0.1, -0.05) is 0 Å². The van der Waals surface area contributed by atoms with E-state index < -0.39 is 0 Å². The molecule has 0 bridgehead atoms. The molecule has 1 aromatic heterocycles. The van der Waals surface area contributed by atoms with Gasteiger partial charge in [-0.05, 0) is 0 Å². The molecule has 5 nitrogen and oxygen atoms in total. The van der Waals surface area contributed by atoms with Crippen LogP contribution >= 0.6 is 12.2 Å². The van der Waals surface area contributed by atoms with Crippen molar-refractivity contribution in [1.29, 1.82) is 0 Å². The number of aliphatic hydroxyl groups is 1. The van der Waals surface area contributed by atoms with Gasteiger partial charge in [0.1, 0.15) is 0 Å². The van der Waals surface area contributed by atoms with E-state index in [0.717, 1.165) is 14.6 Å². The second-order valence-corrected chi connectivity index (χ2v) is 7.85. The first-order valence-corrected chi connectivity index (χ1v) is 9.45. The van der Waals surface area contributed by atoms with E-state index in [1.165, 1.54) is 0 Å². The van der Waals surface area contributed by atoms with E-state index in [2.05, 4.69) is 4.98 Å². The molecule has 2 aromatic rings. The zero-order valence-corrected chi connectivity index (χ0v) is 15.6. The number of rotatable bonds is 7. The number of aromatic amines is 1. The quantitative estimate of drug-likeness (QED) is 0.408. The van der Waals surface area contributed by atoms with Crippen molar-refractivity contribution in [3.05, 3.63) is 51.0 Å². The van der Waals surface area contributed by atoms with E-state index in [1.54, 1.807) is 0 Å². The molecule has 0 aliphatic carbocycles. The van der Waals surface area contributed by atoms with Gasteiger partial charge in [-0.3, -0.25) is 0 Å². The number of benzene rings is 1. The molecular weight excluding hydrogens is 379 g/mol. The van der Waals surface area contributed by atoms with Crippen molar-refractivity contribution in [2.24, 2.45) is 0 Å². The molecular formula is C16H20N2O3SSe. The van der Waals surface area contributed by atoms with Gasteiger partial charge in [-0.2, -0.15) is 0 Å². The molecule has 0 saturated carbocycles. The van der Waals surface area contributed by atoms with Crippen LogP contribution in [0.1, 0.15) is 25.3 Å². The van der Waals surface area contributed by atoms with E-state index in [9.17, 15) is 4.79 Å². The number of aromatic nitrogens is 2. The molecule has 2 N–H and O–H groups in total. The molecule has 0 aliphatic heterocycles. The fourth-order valence-electron chi connectivity index (χ4n) is 2.12. The Bertz CT molecular complexity index is 756. The summed E-state index contributed by atoms with van der Waals surface area (Å²) in [5, 5.41) is 8.89. The number of H-pyrrole nitrogens is 1. The normalized spacial score (nSPS) is 11.1. The number of aliphatic hydroxyl groups excluding tert-OH is 1. The van der Waals surface area contributed by atoms with Crippen LogP contribution in [0.3, 0.4) is 0 Å². The Labute approximate surface area is 146 Å². The molecule has 2 rings (SSSR count). The van der Waals surface area contributed by atoms with Gasteiger partial charge in [-0.25, -0.2) is 0 Å². The Morgan fingerprint density at radius 1 is 1.35 bits per heavy atom. The fraction of sp³-hybridized carbons (Fsp3) is 0.375. The molecule has 0 fully saturated rings. The van der Waals surface area contributed by atoms with Crippen molar-refractivity contribution in [3.8, 4) is 0 Å². The summed E-state index contributed by atoms with van der Waals surface area (Å²) in [7, 11) is 0. The van der Waals surface area contributed by atoms with Gasteiger partial charge in [-0.15, -0.1) is 0 Å². The molecule has 23 heavy (non-hydrogen) atoms. The summed E-state index contributed by atoms with van der Waals surface area (Å²) in [6.45, 7) is 4.40. The Hall–Kier alpha value is -1.24. The maximum absolute atomic E-state index is 12.4. The first-order chi connectivity index (χ1) is 11.0. The van der Waals surface area contributed by atoms with Crippen molar-refractivity contribution in [1.82, 2.24) is 9.55 Å². The predicted octanol–water partition coefficient (Wildman–Crippen LogP) is 0.651. The molecule has 7 heteroatoms. The van der Waals surface area contributed by atoms with Crippen LogP contribution in [0, 0.1) is 4.77 Å². The number of hydrogen-bond donors (Lipinski definition) is 2. The van der Waals surface area contributed by atoms with Gasteiger partial charge in [0.25, 0.3) is 0 Å². The Kier molecular flexibility index (Phi) is 6.74. The molecule has 1 heterocycles. The Morgan fingerprint density at radius 2 is 2.04 bits per heavy atom. The first kappa shape index (κ1) is 18.1. The standard InChI is InChI=1S/C16H20N2O3SSe/c1-11(2)13-14(20)17-16(22)18(10-21-9-8-19)15(13)23-12-6-4-3-5-7-12/h3-7,11,19H,8-10H2,1-2H3,(H,17,20,22). The first-order valence-electron chi connectivity index (χ1n) is 7.33. The monoisotopic (exact) mass is 400 g/mol. The molecule has 0 aliphatic rings. The van der Waals surface area contributed by atoms with Crippen LogP contribution in [-0.2, 0) is 11.5 Å². The molecule has 0 spiro atoms. The number of hydrogen-bond acceptors (Lipinski definition) is 4. The topological polar surface area (TPSA) is 67.2 Å². The Morgan fingerprint density at radius 3 is 2.65 bits per heavy atom. The zero-order valence-electron chi connectivity index (χ0n) is 13.1. The minimum absolute atomic E-state index is 0.0487. The summed E-state index contributed by atoms with van der Waals surface area (Å²) < 4.78 is 9.70. The van der Waals surface area contributed by atoms with Crippen LogP contribution in [-0.4, -0.2) is 42.8 Å². The summed E-state index contributed by atoms with van der Waals surface area (Å²) in [6.07, 6.45) is 0. The average Bonchev–Trinajstić information content (AvgIpc) is 2.50. The van der Waals surface area contributed by atoms with Crippen molar-refractivity contribution >= 4 is 36.2 Å². The maximum atomic E-state index is 12.4. The van der Waals surface area contributed by atoms with Crippen LogP contribution in [0.4, 0.5) is 0 Å². The van der Waals surface area contributed by atoms with Crippen LogP contribution in [0.25, 0.3) is 0 Å². The number of nitrogens with zero attached hydrogens (tertiary/aromatic N) is 1.